The zero-order valence-corrected chi connectivity index (χ0v) is 12.2. The molecule has 1 aromatic carbocycles. The number of unbranched alkanes of at least 4 members (excludes halogenated alkanes) is 4. The summed E-state index contributed by atoms with van der Waals surface area (Å²) in [5.41, 5.74) is 0.899. The van der Waals surface area contributed by atoms with Gasteiger partial charge in [0.25, 0.3) is 0 Å². The maximum Gasteiger partial charge on any atom is 0.165 e. The first-order chi connectivity index (χ1) is 9.29. The van der Waals surface area contributed by atoms with E-state index in [2.05, 4.69) is 12.2 Å². The molecule has 0 spiro atoms. The lowest BCUT2D eigenvalue weighted by molar-refractivity contribution is 0.286. The summed E-state index contributed by atoms with van der Waals surface area (Å²) in [5.74, 6) is 0.155. The van der Waals surface area contributed by atoms with Crippen molar-refractivity contribution in [2.24, 2.45) is 0 Å². The molecule has 3 heteroatoms. The monoisotopic (exact) mass is 267 g/mol. The fourth-order valence-corrected chi connectivity index (χ4v) is 1.99. The Morgan fingerprint density at radius 1 is 1.11 bits per heavy atom. The van der Waals surface area contributed by atoms with Gasteiger partial charge in [0.05, 0.1) is 6.61 Å². The maximum atomic E-state index is 13.8. The molecule has 0 saturated heterocycles. The fraction of sp³-hybridized carbons (Fsp3) is 0.625. The Bertz CT molecular complexity index is 355. The molecule has 1 aromatic rings. The van der Waals surface area contributed by atoms with Gasteiger partial charge in [-0.15, -0.1) is 0 Å². The van der Waals surface area contributed by atoms with Crippen molar-refractivity contribution in [2.45, 2.75) is 52.5 Å². The predicted molar refractivity (Wildman–Crippen MR) is 78.0 cm³/mol. The van der Waals surface area contributed by atoms with E-state index in [1.165, 1.54) is 25.3 Å². The summed E-state index contributed by atoms with van der Waals surface area (Å²) in [6, 6.07) is 5.11. The fourth-order valence-electron chi connectivity index (χ4n) is 1.99. The van der Waals surface area contributed by atoms with Gasteiger partial charge >= 0.3 is 0 Å². The van der Waals surface area contributed by atoms with Crippen molar-refractivity contribution in [3.8, 4) is 5.75 Å². The van der Waals surface area contributed by atoms with Crippen LogP contribution in [0.3, 0.4) is 0 Å². The first-order valence-electron chi connectivity index (χ1n) is 7.40. The topological polar surface area (TPSA) is 21.3 Å². The second-order valence-corrected chi connectivity index (χ2v) is 4.77. The number of hydrogen-bond acceptors (Lipinski definition) is 2. The van der Waals surface area contributed by atoms with Gasteiger partial charge in [-0.25, -0.2) is 4.39 Å². The second kappa shape index (κ2) is 9.79. The van der Waals surface area contributed by atoms with Crippen LogP contribution < -0.4 is 10.1 Å². The first kappa shape index (κ1) is 16.0. The van der Waals surface area contributed by atoms with Crippen LogP contribution in [0.25, 0.3) is 0 Å². The van der Waals surface area contributed by atoms with E-state index in [1.54, 1.807) is 6.07 Å². The number of nitrogens with one attached hydrogen (secondary N) is 1. The highest BCUT2D eigenvalue weighted by Gasteiger charge is 2.09. The zero-order valence-electron chi connectivity index (χ0n) is 12.2. The number of para-hydroxylation sites is 1. The molecule has 0 amide bonds. The van der Waals surface area contributed by atoms with Gasteiger partial charge in [-0.2, -0.15) is 0 Å². The highest BCUT2D eigenvalue weighted by Crippen LogP contribution is 2.23. The van der Waals surface area contributed by atoms with Crippen molar-refractivity contribution in [2.75, 3.05) is 13.2 Å². The summed E-state index contributed by atoms with van der Waals surface area (Å²) in [6.07, 6.45) is 5.90. The minimum Gasteiger partial charge on any atom is -0.490 e. The molecule has 1 rings (SSSR count). The van der Waals surface area contributed by atoms with Crippen molar-refractivity contribution < 1.29 is 9.13 Å². The lowest BCUT2D eigenvalue weighted by atomic mass is 10.1. The van der Waals surface area contributed by atoms with E-state index in [1.807, 2.05) is 13.0 Å². The summed E-state index contributed by atoms with van der Waals surface area (Å²) in [7, 11) is 0. The molecule has 19 heavy (non-hydrogen) atoms. The van der Waals surface area contributed by atoms with Crippen molar-refractivity contribution in [1.29, 1.82) is 0 Å². The van der Waals surface area contributed by atoms with Gasteiger partial charge in [0.2, 0.25) is 0 Å². The molecule has 1 N–H and O–H groups in total. The number of halogens is 1. The predicted octanol–water partition coefficient (Wildman–Crippen LogP) is 4.28. The zero-order chi connectivity index (χ0) is 13.9. The minimum absolute atomic E-state index is 0.260. The van der Waals surface area contributed by atoms with Crippen molar-refractivity contribution in [3.63, 3.8) is 0 Å². The summed E-state index contributed by atoms with van der Waals surface area (Å²) in [5, 5.41) is 3.20. The third kappa shape index (κ3) is 6.06. The van der Waals surface area contributed by atoms with Crippen LogP contribution in [0.1, 0.15) is 51.5 Å². The first-order valence-corrected chi connectivity index (χ1v) is 7.40. The molecule has 0 heterocycles. The average molecular weight is 267 g/mol. The average Bonchev–Trinajstić information content (AvgIpc) is 2.42. The van der Waals surface area contributed by atoms with Gasteiger partial charge in [-0.1, -0.05) is 51.7 Å². The van der Waals surface area contributed by atoms with Crippen molar-refractivity contribution >= 4 is 0 Å². The maximum absolute atomic E-state index is 13.8. The molecule has 2 nitrogen and oxygen atoms in total. The Hall–Kier alpha value is -1.09. The Labute approximate surface area is 116 Å². The Kier molecular flexibility index (Phi) is 8.23. The van der Waals surface area contributed by atoms with Crippen LogP contribution >= 0.6 is 0 Å². The van der Waals surface area contributed by atoms with E-state index in [9.17, 15) is 4.39 Å². The van der Waals surface area contributed by atoms with Crippen LogP contribution in [0.2, 0.25) is 0 Å². The van der Waals surface area contributed by atoms with Gasteiger partial charge in [0.15, 0.2) is 11.6 Å². The van der Waals surface area contributed by atoms with Crippen LogP contribution in [0.15, 0.2) is 18.2 Å². The van der Waals surface area contributed by atoms with E-state index in [-0.39, 0.29) is 5.82 Å². The van der Waals surface area contributed by atoms with E-state index in [0.29, 0.717) is 18.9 Å². The van der Waals surface area contributed by atoms with E-state index >= 15 is 0 Å². The Morgan fingerprint density at radius 2 is 1.89 bits per heavy atom. The van der Waals surface area contributed by atoms with Crippen LogP contribution in [0, 0.1) is 5.82 Å². The third-order valence-corrected chi connectivity index (χ3v) is 3.11. The van der Waals surface area contributed by atoms with Gasteiger partial charge in [-0.3, -0.25) is 0 Å². The largest absolute Gasteiger partial charge is 0.490 e. The lowest BCUT2D eigenvalue weighted by Crippen LogP contribution is -2.13. The Morgan fingerprint density at radius 3 is 2.63 bits per heavy atom. The normalized spacial score (nSPS) is 10.7. The quantitative estimate of drug-likeness (QED) is 0.639. The van der Waals surface area contributed by atoms with Gasteiger partial charge < -0.3 is 10.1 Å². The SMILES string of the molecule is CCCCCCCOc1c(F)cccc1CNCC. The molecular weight excluding hydrogens is 241 g/mol. The van der Waals surface area contributed by atoms with Crippen LogP contribution in [0.4, 0.5) is 4.39 Å². The number of rotatable bonds is 10. The molecule has 0 aliphatic carbocycles. The summed E-state index contributed by atoms with van der Waals surface area (Å²) in [4.78, 5) is 0. The summed E-state index contributed by atoms with van der Waals surface area (Å²) in [6.45, 7) is 6.35. The molecule has 0 unspecified atom stereocenters. The van der Waals surface area contributed by atoms with Crippen LogP contribution in [-0.4, -0.2) is 13.2 Å². The molecule has 0 atom stereocenters. The van der Waals surface area contributed by atoms with E-state index in [4.69, 9.17) is 4.74 Å². The smallest absolute Gasteiger partial charge is 0.165 e. The molecule has 108 valence electrons. The van der Waals surface area contributed by atoms with Crippen molar-refractivity contribution in [3.05, 3.63) is 29.6 Å². The molecule has 0 saturated carbocycles. The number of benzene rings is 1. The minimum atomic E-state index is -0.260. The molecule has 0 aromatic heterocycles. The van der Waals surface area contributed by atoms with Crippen LogP contribution in [0.5, 0.6) is 5.75 Å². The standard InChI is InChI=1S/C16H26FNO/c1-3-5-6-7-8-12-19-16-14(13-18-4-2)10-9-11-15(16)17/h9-11,18H,3-8,12-13H2,1-2H3. The molecule has 0 fully saturated rings. The highest BCUT2D eigenvalue weighted by molar-refractivity contribution is 5.34. The van der Waals surface area contributed by atoms with E-state index in [0.717, 1.165) is 24.9 Å². The molecule has 0 aliphatic heterocycles. The molecule has 0 radical (unpaired) electrons. The number of hydrogen-bond donors (Lipinski definition) is 1. The van der Waals surface area contributed by atoms with E-state index < -0.39 is 0 Å². The molecule has 0 aliphatic rings. The van der Waals surface area contributed by atoms with Crippen LogP contribution in [-0.2, 0) is 6.54 Å². The van der Waals surface area contributed by atoms with Crippen molar-refractivity contribution in [1.82, 2.24) is 5.32 Å². The van der Waals surface area contributed by atoms with Gasteiger partial charge in [0.1, 0.15) is 0 Å². The lowest BCUT2D eigenvalue weighted by Gasteiger charge is -2.12. The Balaban J connectivity index is 2.42. The third-order valence-electron chi connectivity index (χ3n) is 3.11. The molecular formula is C16H26FNO. The van der Waals surface area contributed by atoms with Gasteiger partial charge in [-0.05, 0) is 19.0 Å². The second-order valence-electron chi connectivity index (χ2n) is 4.77. The highest BCUT2D eigenvalue weighted by atomic mass is 19.1. The number of ether oxygens (including phenoxy) is 1. The summed E-state index contributed by atoms with van der Waals surface area (Å²) < 4.78 is 19.4. The summed E-state index contributed by atoms with van der Waals surface area (Å²) >= 11 is 0. The van der Waals surface area contributed by atoms with Gasteiger partial charge in [0, 0.05) is 12.1 Å². The molecule has 0 bridgehead atoms.